The van der Waals surface area contributed by atoms with Crippen LogP contribution in [0.5, 0.6) is 0 Å². The van der Waals surface area contributed by atoms with E-state index in [1.54, 1.807) is 6.07 Å². The van der Waals surface area contributed by atoms with Gasteiger partial charge in [0.05, 0.1) is 0 Å². The molecule has 0 aliphatic carbocycles. The maximum atomic E-state index is 12.8. The van der Waals surface area contributed by atoms with E-state index in [0.29, 0.717) is 0 Å². The Bertz CT molecular complexity index is 398. The second kappa shape index (κ2) is 3.35. The van der Waals surface area contributed by atoms with Crippen LogP contribution in [0.15, 0.2) is 54.9 Å². The predicted molar refractivity (Wildman–Crippen MR) is 47.9 cm³/mol. The molecule has 0 saturated heterocycles. The Balaban J connectivity index is 2.48. The molecule has 0 amide bonds. The van der Waals surface area contributed by atoms with Crippen LogP contribution in [-0.4, -0.2) is 0 Å². The van der Waals surface area contributed by atoms with E-state index in [0.717, 1.165) is 5.69 Å². The van der Waals surface area contributed by atoms with Gasteiger partial charge < -0.3 is 0 Å². The van der Waals surface area contributed by atoms with Crippen molar-refractivity contribution in [3.8, 4) is 5.69 Å². The van der Waals surface area contributed by atoms with Gasteiger partial charge >= 0.3 is 0 Å². The highest BCUT2D eigenvalue weighted by Gasteiger charge is 2.03. The number of pyridine rings is 1. The summed E-state index contributed by atoms with van der Waals surface area (Å²) in [4.78, 5) is 0. The van der Waals surface area contributed by atoms with Crippen molar-refractivity contribution in [2.24, 2.45) is 0 Å². The fourth-order valence-corrected chi connectivity index (χ4v) is 1.21. The SMILES string of the molecule is Fc1cccc(-[n+]2ccccc2)c1. The fourth-order valence-electron chi connectivity index (χ4n) is 1.21. The van der Waals surface area contributed by atoms with E-state index in [4.69, 9.17) is 0 Å². The van der Waals surface area contributed by atoms with Crippen molar-refractivity contribution in [2.75, 3.05) is 0 Å². The summed E-state index contributed by atoms with van der Waals surface area (Å²) in [5.74, 6) is -0.214. The van der Waals surface area contributed by atoms with E-state index in [2.05, 4.69) is 0 Å². The zero-order valence-corrected chi connectivity index (χ0v) is 7.02. The maximum absolute atomic E-state index is 12.8. The molecular weight excluding hydrogens is 165 g/mol. The third-order valence-electron chi connectivity index (χ3n) is 1.82. The molecule has 0 aliphatic rings. The molecule has 64 valence electrons. The van der Waals surface area contributed by atoms with E-state index in [1.165, 1.54) is 12.1 Å². The first kappa shape index (κ1) is 7.92. The Morgan fingerprint density at radius 1 is 0.923 bits per heavy atom. The summed E-state index contributed by atoms with van der Waals surface area (Å²) < 4.78 is 14.7. The minimum Gasteiger partial charge on any atom is -0.207 e. The Labute approximate surface area is 76.1 Å². The Morgan fingerprint density at radius 2 is 1.69 bits per heavy atom. The van der Waals surface area contributed by atoms with Crippen molar-refractivity contribution >= 4 is 0 Å². The number of aromatic nitrogens is 1. The molecule has 0 unspecified atom stereocenters. The number of benzene rings is 1. The van der Waals surface area contributed by atoms with E-state index in [9.17, 15) is 4.39 Å². The van der Waals surface area contributed by atoms with Gasteiger partial charge in [-0.3, -0.25) is 0 Å². The lowest BCUT2D eigenvalue weighted by Crippen LogP contribution is -2.28. The van der Waals surface area contributed by atoms with Crippen LogP contribution in [0.2, 0.25) is 0 Å². The summed E-state index contributed by atoms with van der Waals surface area (Å²) >= 11 is 0. The van der Waals surface area contributed by atoms with E-state index < -0.39 is 0 Å². The van der Waals surface area contributed by atoms with Crippen molar-refractivity contribution in [3.05, 3.63) is 60.7 Å². The van der Waals surface area contributed by atoms with Crippen LogP contribution in [0, 0.1) is 5.82 Å². The van der Waals surface area contributed by atoms with E-state index >= 15 is 0 Å². The van der Waals surface area contributed by atoms with Gasteiger partial charge in [0, 0.05) is 24.3 Å². The fraction of sp³-hybridized carbons (Fsp3) is 0. The molecule has 0 atom stereocenters. The summed E-state index contributed by atoms with van der Waals surface area (Å²) in [6, 6.07) is 12.2. The minimum absolute atomic E-state index is 0.214. The van der Waals surface area contributed by atoms with Crippen LogP contribution in [0.1, 0.15) is 0 Å². The standard InChI is InChI=1S/C11H9FN/c12-10-5-4-6-11(9-10)13-7-2-1-3-8-13/h1-9H/q+1. The third kappa shape index (κ3) is 1.72. The van der Waals surface area contributed by atoms with Gasteiger partial charge in [0.25, 0.3) is 0 Å². The van der Waals surface area contributed by atoms with Gasteiger partial charge in [0.15, 0.2) is 12.4 Å². The first-order chi connectivity index (χ1) is 6.36. The van der Waals surface area contributed by atoms with E-state index in [1.807, 2.05) is 41.2 Å². The van der Waals surface area contributed by atoms with Gasteiger partial charge in [0.1, 0.15) is 5.82 Å². The number of halogens is 1. The van der Waals surface area contributed by atoms with Crippen LogP contribution >= 0.6 is 0 Å². The summed E-state index contributed by atoms with van der Waals surface area (Å²) in [5, 5.41) is 0. The molecule has 0 bridgehead atoms. The smallest absolute Gasteiger partial charge is 0.207 e. The number of rotatable bonds is 1. The summed E-state index contributed by atoms with van der Waals surface area (Å²) in [7, 11) is 0. The van der Waals surface area contributed by atoms with Crippen LogP contribution in [0.3, 0.4) is 0 Å². The maximum Gasteiger partial charge on any atom is 0.213 e. The van der Waals surface area contributed by atoms with Gasteiger partial charge in [-0.15, -0.1) is 0 Å². The highest BCUT2D eigenvalue weighted by molar-refractivity contribution is 5.22. The molecule has 1 aromatic heterocycles. The molecule has 2 rings (SSSR count). The first-order valence-corrected chi connectivity index (χ1v) is 4.08. The number of hydrogen-bond acceptors (Lipinski definition) is 0. The number of hydrogen-bond donors (Lipinski definition) is 0. The van der Waals surface area contributed by atoms with Gasteiger partial charge in [-0.25, -0.2) is 4.39 Å². The van der Waals surface area contributed by atoms with Crippen molar-refractivity contribution in [3.63, 3.8) is 0 Å². The largest absolute Gasteiger partial charge is 0.213 e. The molecule has 0 radical (unpaired) electrons. The quantitative estimate of drug-likeness (QED) is 0.583. The molecule has 1 heterocycles. The normalized spacial score (nSPS) is 9.92. The average molecular weight is 174 g/mol. The second-order valence-electron chi connectivity index (χ2n) is 2.76. The molecule has 13 heavy (non-hydrogen) atoms. The molecule has 0 aliphatic heterocycles. The highest BCUT2D eigenvalue weighted by atomic mass is 19.1. The molecule has 1 aromatic carbocycles. The van der Waals surface area contributed by atoms with Gasteiger partial charge in [0.2, 0.25) is 5.69 Å². The Hall–Kier alpha value is -1.70. The molecular formula is C11H9FN+. The van der Waals surface area contributed by atoms with Crippen LogP contribution in [-0.2, 0) is 0 Å². The first-order valence-electron chi connectivity index (χ1n) is 4.08. The van der Waals surface area contributed by atoms with Crippen molar-refractivity contribution < 1.29 is 8.96 Å². The summed E-state index contributed by atoms with van der Waals surface area (Å²) in [5.41, 5.74) is 0.834. The zero-order valence-electron chi connectivity index (χ0n) is 7.02. The van der Waals surface area contributed by atoms with Crippen molar-refractivity contribution in [1.29, 1.82) is 0 Å². The summed E-state index contributed by atoms with van der Waals surface area (Å²) in [6.45, 7) is 0. The van der Waals surface area contributed by atoms with Gasteiger partial charge in [-0.05, 0) is 6.07 Å². The monoisotopic (exact) mass is 174 g/mol. The molecule has 0 saturated carbocycles. The Morgan fingerprint density at radius 3 is 2.38 bits per heavy atom. The lowest BCUT2D eigenvalue weighted by molar-refractivity contribution is -0.595. The number of nitrogens with zero attached hydrogens (tertiary/aromatic N) is 1. The Kier molecular flexibility index (Phi) is 2.04. The molecule has 2 aromatic rings. The summed E-state index contributed by atoms with van der Waals surface area (Å²) in [6.07, 6.45) is 3.77. The molecule has 1 nitrogen and oxygen atoms in total. The van der Waals surface area contributed by atoms with Gasteiger partial charge in [-0.1, -0.05) is 12.1 Å². The molecule has 0 N–H and O–H groups in total. The van der Waals surface area contributed by atoms with Crippen LogP contribution in [0.4, 0.5) is 4.39 Å². The highest BCUT2D eigenvalue weighted by Crippen LogP contribution is 2.02. The molecule has 2 heteroatoms. The lowest BCUT2D eigenvalue weighted by atomic mass is 10.3. The zero-order chi connectivity index (χ0) is 9.10. The lowest BCUT2D eigenvalue weighted by Gasteiger charge is -1.93. The van der Waals surface area contributed by atoms with Gasteiger partial charge in [-0.2, -0.15) is 4.57 Å². The second-order valence-corrected chi connectivity index (χ2v) is 2.76. The van der Waals surface area contributed by atoms with Crippen LogP contribution in [0.25, 0.3) is 5.69 Å². The average Bonchev–Trinajstić information content (AvgIpc) is 2.19. The topological polar surface area (TPSA) is 3.88 Å². The van der Waals surface area contributed by atoms with Crippen molar-refractivity contribution in [1.82, 2.24) is 0 Å². The van der Waals surface area contributed by atoms with Crippen LogP contribution < -0.4 is 4.57 Å². The third-order valence-corrected chi connectivity index (χ3v) is 1.82. The molecule has 0 fully saturated rings. The predicted octanol–water partition coefficient (Wildman–Crippen LogP) is 2.10. The molecule has 0 spiro atoms. The van der Waals surface area contributed by atoms with Crippen molar-refractivity contribution in [2.45, 2.75) is 0 Å². The minimum atomic E-state index is -0.214. The van der Waals surface area contributed by atoms with E-state index in [-0.39, 0.29) is 5.82 Å².